The number of rotatable bonds is 8. The molecule has 0 fully saturated rings. The molecule has 0 atom stereocenters. The molecule has 2 aliphatic rings. The van der Waals surface area contributed by atoms with Gasteiger partial charge in [0.2, 0.25) is 11.6 Å². The van der Waals surface area contributed by atoms with Crippen LogP contribution in [0.15, 0.2) is 165 Å². The van der Waals surface area contributed by atoms with Crippen LogP contribution < -0.4 is 22.5 Å². The summed E-state index contributed by atoms with van der Waals surface area (Å²) in [4.78, 5) is 71.3. The molecule has 0 unspecified atom stereocenters. The van der Waals surface area contributed by atoms with Gasteiger partial charge in [-0.25, -0.2) is 19.6 Å². The van der Waals surface area contributed by atoms with E-state index >= 15 is 0 Å². The molecule has 4 aromatic carbocycles. The van der Waals surface area contributed by atoms with Gasteiger partial charge in [-0.3, -0.25) is 28.7 Å². The van der Waals surface area contributed by atoms with Crippen molar-refractivity contribution in [1.29, 1.82) is 0 Å². The zero-order chi connectivity index (χ0) is 46.5. The van der Waals surface area contributed by atoms with Gasteiger partial charge in [-0.15, -0.1) is 0 Å². The Kier molecular flexibility index (Phi) is 10.3. The van der Waals surface area contributed by atoms with Gasteiger partial charge in [0, 0.05) is 44.3 Å². The largest absolute Gasteiger partial charge is 0.354 e. The Morgan fingerprint density at radius 2 is 0.735 bits per heavy atom. The number of aromatic amines is 4. The standard InChI is InChI=1S/C54H36F2N8O4/c55-37-29-63(53(67)61-51(37)65)27-31-9-7-15-35(25-31)49-43-21-17-39(57-43)47(33-11-3-1-4-12-33)40-18-22-44(58-40)50(36-16-8-10-32(26-36)28-64-30-38(56)52(66)62-54(64)68)46-24-20-42(60-46)48(34-13-5-2-6-14-34)41-19-23-45(49)59-41/h1-26,29-30,57,60H,27-28H2,(H,61,65,67)(H,62,66,68). The van der Waals surface area contributed by atoms with E-state index in [2.05, 4.69) is 9.97 Å². The highest BCUT2D eigenvalue weighted by atomic mass is 19.1. The van der Waals surface area contributed by atoms with Crippen LogP contribution in [0.4, 0.5) is 8.78 Å². The van der Waals surface area contributed by atoms with E-state index in [1.807, 2.05) is 168 Å². The van der Waals surface area contributed by atoms with Crippen LogP contribution in [-0.2, 0) is 13.1 Å². The summed E-state index contributed by atoms with van der Waals surface area (Å²) in [6.45, 7) is -0.000544. The summed E-state index contributed by atoms with van der Waals surface area (Å²) in [6, 6.07) is 43.1. The van der Waals surface area contributed by atoms with Crippen LogP contribution in [0.2, 0.25) is 0 Å². The highest BCUT2D eigenvalue weighted by Gasteiger charge is 2.20. The number of hydrogen-bond acceptors (Lipinski definition) is 6. The minimum Gasteiger partial charge on any atom is -0.354 e. The van der Waals surface area contributed by atoms with E-state index in [4.69, 9.17) is 9.97 Å². The van der Waals surface area contributed by atoms with Crippen molar-refractivity contribution < 1.29 is 8.78 Å². The molecule has 14 heteroatoms. The van der Waals surface area contributed by atoms with Crippen molar-refractivity contribution in [2.45, 2.75) is 13.1 Å². The van der Waals surface area contributed by atoms with Crippen LogP contribution in [0, 0.1) is 11.6 Å². The third-order valence-electron chi connectivity index (χ3n) is 12.0. The van der Waals surface area contributed by atoms with E-state index in [1.54, 1.807) is 0 Å². The Morgan fingerprint density at radius 3 is 1.10 bits per heavy atom. The van der Waals surface area contributed by atoms with Gasteiger partial charge in [-0.2, -0.15) is 8.78 Å². The maximum atomic E-state index is 14.4. The fourth-order valence-corrected chi connectivity index (χ4v) is 8.87. The minimum atomic E-state index is -1.08. The van der Waals surface area contributed by atoms with Crippen LogP contribution in [-0.4, -0.2) is 39.0 Å². The Bertz CT molecular complexity index is 3730. The van der Waals surface area contributed by atoms with E-state index in [0.717, 1.165) is 88.1 Å². The van der Waals surface area contributed by atoms with E-state index < -0.39 is 34.1 Å². The molecule has 2 aliphatic heterocycles. The molecule has 9 aromatic rings. The zero-order valence-corrected chi connectivity index (χ0v) is 35.8. The third kappa shape index (κ3) is 7.75. The summed E-state index contributed by atoms with van der Waals surface area (Å²) in [5, 5.41) is 0. The number of hydrogen-bond donors (Lipinski definition) is 4. The van der Waals surface area contributed by atoms with Gasteiger partial charge in [0.25, 0.3) is 11.1 Å². The van der Waals surface area contributed by atoms with Gasteiger partial charge < -0.3 is 9.97 Å². The van der Waals surface area contributed by atoms with E-state index in [9.17, 15) is 28.0 Å². The second kappa shape index (κ2) is 16.9. The normalized spacial score (nSPS) is 11.9. The molecular formula is C54H36F2N8O4. The maximum absolute atomic E-state index is 14.4. The quantitative estimate of drug-likeness (QED) is 0.119. The third-order valence-corrected chi connectivity index (χ3v) is 12.0. The van der Waals surface area contributed by atoms with E-state index in [-0.39, 0.29) is 13.1 Å². The lowest BCUT2D eigenvalue weighted by Crippen LogP contribution is -2.31. The number of aromatic nitrogens is 8. The van der Waals surface area contributed by atoms with E-state index in [0.29, 0.717) is 33.9 Å². The van der Waals surface area contributed by atoms with Crippen molar-refractivity contribution in [2.24, 2.45) is 0 Å². The number of nitrogens with one attached hydrogen (secondary N) is 4. The van der Waals surface area contributed by atoms with Crippen molar-refractivity contribution >= 4 is 46.4 Å². The molecular weight excluding hydrogens is 863 g/mol. The number of benzene rings is 4. The smallest absolute Gasteiger partial charge is 0.328 e. The Balaban J connectivity index is 1.19. The first-order chi connectivity index (χ1) is 33.1. The van der Waals surface area contributed by atoms with E-state index in [1.165, 1.54) is 0 Å². The molecule has 0 amide bonds. The molecule has 8 bridgehead atoms. The van der Waals surface area contributed by atoms with Crippen molar-refractivity contribution in [3.05, 3.63) is 233 Å². The molecule has 7 heterocycles. The van der Waals surface area contributed by atoms with Crippen molar-refractivity contribution in [1.82, 2.24) is 39.0 Å². The molecule has 0 saturated carbocycles. The predicted molar refractivity (Wildman–Crippen MR) is 261 cm³/mol. The van der Waals surface area contributed by atoms with Crippen molar-refractivity contribution in [3.63, 3.8) is 0 Å². The minimum absolute atomic E-state index is 0.000272. The molecule has 11 rings (SSSR count). The summed E-state index contributed by atoms with van der Waals surface area (Å²) in [5.41, 5.74) is 10.1. The SMILES string of the molecule is O=c1[nH]c(=O)n(Cc2cccc(-c3c4nc(c(-c5ccccc5)c5ccc([nH]5)c(-c5cccc(Cn6cc(F)c(=O)[nH]c6=O)c5)c5nc(c(-c6ccccc6)c6ccc3[nH]6)C=C5)C=C4)c2)cc1F. The Labute approximate surface area is 383 Å². The fourth-order valence-electron chi connectivity index (χ4n) is 8.87. The topological polar surface area (TPSA) is 167 Å². The molecule has 0 radical (unpaired) electrons. The average Bonchev–Trinajstić information content (AvgIpc) is 4.20. The summed E-state index contributed by atoms with van der Waals surface area (Å²) in [6.07, 6.45) is 9.73. The second-order valence-corrected chi connectivity index (χ2v) is 16.4. The molecule has 5 aromatic heterocycles. The van der Waals surface area contributed by atoms with Crippen LogP contribution in [0.25, 0.3) is 90.9 Å². The molecule has 330 valence electrons. The fraction of sp³-hybridized carbons (Fsp3) is 0.0370. The highest BCUT2D eigenvalue weighted by Crippen LogP contribution is 2.38. The first-order valence-corrected chi connectivity index (χ1v) is 21.6. The maximum Gasteiger partial charge on any atom is 0.328 e. The highest BCUT2D eigenvalue weighted by molar-refractivity contribution is 5.99. The Hall–Kier alpha value is -9.30. The number of H-pyrrole nitrogens is 4. The summed E-state index contributed by atoms with van der Waals surface area (Å²) in [5.74, 6) is -2.12. The van der Waals surface area contributed by atoms with Crippen LogP contribution >= 0.6 is 0 Å². The summed E-state index contributed by atoms with van der Waals surface area (Å²) < 4.78 is 31.0. The Morgan fingerprint density at radius 1 is 0.397 bits per heavy atom. The molecule has 68 heavy (non-hydrogen) atoms. The zero-order valence-electron chi connectivity index (χ0n) is 35.8. The number of nitrogens with zero attached hydrogens (tertiary/aromatic N) is 4. The van der Waals surface area contributed by atoms with Crippen molar-refractivity contribution in [3.8, 4) is 44.5 Å². The second-order valence-electron chi connectivity index (χ2n) is 16.4. The first kappa shape index (κ1) is 41.4. The van der Waals surface area contributed by atoms with Gasteiger partial charge in [0.05, 0.1) is 48.3 Å². The van der Waals surface area contributed by atoms with Gasteiger partial charge in [0.1, 0.15) is 0 Å². The van der Waals surface area contributed by atoms with Crippen LogP contribution in [0.3, 0.4) is 0 Å². The lowest BCUT2D eigenvalue weighted by molar-refractivity contribution is 0.566. The first-order valence-electron chi connectivity index (χ1n) is 21.6. The van der Waals surface area contributed by atoms with Gasteiger partial charge >= 0.3 is 11.4 Å². The van der Waals surface area contributed by atoms with Crippen molar-refractivity contribution in [2.75, 3.05) is 0 Å². The monoisotopic (exact) mass is 898 g/mol. The molecule has 0 saturated heterocycles. The van der Waals surface area contributed by atoms with Gasteiger partial charge in [-0.05, 0) is 94.1 Å². The molecule has 4 N–H and O–H groups in total. The lowest BCUT2D eigenvalue weighted by atomic mass is 10.0. The lowest BCUT2D eigenvalue weighted by Gasteiger charge is -2.10. The molecule has 0 spiro atoms. The average molecular weight is 899 g/mol. The number of fused-ring (bicyclic) bond motifs is 8. The van der Waals surface area contributed by atoms with Gasteiger partial charge in [0.15, 0.2) is 0 Å². The predicted octanol–water partition coefficient (Wildman–Crippen LogP) is 9.40. The van der Waals surface area contributed by atoms with Gasteiger partial charge in [-0.1, -0.05) is 97.1 Å². The molecule has 12 nitrogen and oxygen atoms in total. The van der Waals surface area contributed by atoms with Crippen LogP contribution in [0.1, 0.15) is 33.9 Å². The molecule has 0 aliphatic carbocycles. The summed E-state index contributed by atoms with van der Waals surface area (Å²) >= 11 is 0. The number of halogens is 2. The summed E-state index contributed by atoms with van der Waals surface area (Å²) in [7, 11) is 0. The van der Waals surface area contributed by atoms with Crippen LogP contribution in [0.5, 0.6) is 0 Å².